The van der Waals surface area contributed by atoms with Crippen molar-refractivity contribution in [1.29, 1.82) is 0 Å². The number of phosphoric acid groups is 3. The van der Waals surface area contributed by atoms with Gasteiger partial charge in [0, 0.05) is 19.7 Å². The van der Waals surface area contributed by atoms with Crippen LogP contribution < -0.4 is 11.4 Å². The Labute approximate surface area is 172 Å². The zero-order chi connectivity index (χ0) is 24.1. The summed E-state index contributed by atoms with van der Waals surface area (Å²) in [4.78, 5) is 50.9. The largest absolute Gasteiger partial charge is 0.490 e. The Kier molecular flexibility index (Phi) is 6.81. The third-order valence-electron chi connectivity index (χ3n) is 4.47. The Morgan fingerprint density at radius 3 is 2.32 bits per heavy atom. The molecule has 1 aliphatic carbocycles. The minimum Gasteiger partial charge on any atom is -0.383 e. The normalized spacial score (nSPS) is 29.5. The molecule has 0 bridgehead atoms. The lowest BCUT2D eigenvalue weighted by Crippen LogP contribution is -2.52. The van der Waals surface area contributed by atoms with E-state index in [1.807, 2.05) is 0 Å². The van der Waals surface area contributed by atoms with Crippen molar-refractivity contribution in [2.75, 3.05) is 19.5 Å². The minimum atomic E-state index is -5.77. The highest BCUT2D eigenvalue weighted by Crippen LogP contribution is 2.67. The number of methoxy groups -OCH3 is 1. The lowest BCUT2D eigenvalue weighted by Gasteiger charge is -2.32. The van der Waals surface area contributed by atoms with Crippen LogP contribution in [0.2, 0.25) is 0 Å². The first-order chi connectivity index (χ1) is 13.8. The number of alkyl halides is 1. The number of ether oxygens (including phenoxy) is 1. The number of anilines is 1. The summed E-state index contributed by atoms with van der Waals surface area (Å²) in [5.41, 5.74) is -0.413. The molecule has 1 aromatic rings. The monoisotopic (exact) mass is 513 g/mol. The van der Waals surface area contributed by atoms with Gasteiger partial charge in [-0.1, -0.05) is 0 Å². The molecule has 0 saturated heterocycles. The second-order valence-corrected chi connectivity index (χ2v) is 11.0. The SMILES string of the molecule is CO[C@@]1(COP(=O)(O)OP(=O)(O)OP(=O)(O)O)C[C@]1(O)C(C)(F)n1ccc(N)nc1=O. The number of hydrogen-bond donors (Lipinski definition) is 6. The molecule has 1 fully saturated rings. The molecule has 0 aliphatic heterocycles. The van der Waals surface area contributed by atoms with E-state index in [1.54, 1.807) is 0 Å². The van der Waals surface area contributed by atoms with Crippen LogP contribution in [0.15, 0.2) is 17.1 Å². The molecule has 3 unspecified atom stereocenters. The van der Waals surface area contributed by atoms with E-state index in [1.165, 1.54) is 0 Å². The van der Waals surface area contributed by atoms with Crippen LogP contribution in [0.4, 0.5) is 10.2 Å². The standard InChI is InChI=1S/C11H19FN3O13P3/c1-9(12,15-4-3-7(13)14-8(15)16)11(17)5-10(11,25-2)6-26-30(21,22)28-31(23,24)27-29(18,19)20/h3-4,17H,5-6H2,1-2H3,(H,21,22)(H,23,24)(H2,13,14,16)(H2,18,19,20)/t9?,10-,11+/m1/s1. The van der Waals surface area contributed by atoms with Gasteiger partial charge in [-0.2, -0.15) is 13.6 Å². The van der Waals surface area contributed by atoms with Crippen molar-refractivity contribution >= 4 is 29.3 Å². The van der Waals surface area contributed by atoms with Crippen molar-refractivity contribution in [2.45, 2.75) is 30.3 Å². The molecule has 0 radical (unpaired) electrons. The predicted octanol–water partition coefficient (Wildman–Crippen LogP) is -0.669. The summed E-state index contributed by atoms with van der Waals surface area (Å²) in [5.74, 6) is -3.12. The Bertz CT molecular complexity index is 1060. The topological polar surface area (TPSA) is 250 Å². The van der Waals surface area contributed by atoms with Crippen LogP contribution in [0, 0.1) is 0 Å². The van der Waals surface area contributed by atoms with Gasteiger partial charge in [0.1, 0.15) is 11.4 Å². The minimum absolute atomic E-state index is 0.217. The van der Waals surface area contributed by atoms with E-state index in [0.29, 0.717) is 4.57 Å². The van der Waals surface area contributed by atoms with Crippen LogP contribution in [-0.2, 0) is 37.4 Å². The van der Waals surface area contributed by atoms with Gasteiger partial charge >= 0.3 is 29.2 Å². The van der Waals surface area contributed by atoms with Crippen molar-refractivity contribution in [3.8, 4) is 0 Å². The number of aliphatic hydroxyl groups is 1. The van der Waals surface area contributed by atoms with Gasteiger partial charge in [0.05, 0.1) is 6.61 Å². The Morgan fingerprint density at radius 2 is 1.84 bits per heavy atom. The fourth-order valence-electron chi connectivity index (χ4n) is 2.84. The van der Waals surface area contributed by atoms with E-state index >= 15 is 4.39 Å². The number of aromatic nitrogens is 2. The number of nitrogens with zero attached hydrogens (tertiary/aromatic N) is 2. The predicted molar refractivity (Wildman–Crippen MR) is 96.8 cm³/mol. The lowest BCUT2D eigenvalue weighted by atomic mass is 10.0. The van der Waals surface area contributed by atoms with E-state index in [9.17, 15) is 28.5 Å². The van der Waals surface area contributed by atoms with Gasteiger partial charge in [0.2, 0.25) is 5.79 Å². The summed E-state index contributed by atoms with van der Waals surface area (Å²) in [6, 6.07) is 1.07. The number of rotatable bonds is 10. The highest BCUT2D eigenvalue weighted by Gasteiger charge is 2.78. The van der Waals surface area contributed by atoms with Gasteiger partial charge < -0.3 is 35.2 Å². The molecule has 7 N–H and O–H groups in total. The van der Waals surface area contributed by atoms with Crippen LogP contribution in [0.25, 0.3) is 0 Å². The summed E-state index contributed by atoms with van der Waals surface area (Å²) in [5, 5.41) is 10.8. The highest BCUT2D eigenvalue weighted by atomic mass is 31.3. The van der Waals surface area contributed by atoms with E-state index in [4.69, 9.17) is 25.2 Å². The van der Waals surface area contributed by atoms with Crippen LogP contribution in [0.1, 0.15) is 13.3 Å². The maximum absolute atomic E-state index is 15.5. The number of halogens is 1. The van der Waals surface area contributed by atoms with E-state index in [2.05, 4.69) is 18.1 Å². The fourth-order valence-corrected chi connectivity index (χ4v) is 5.91. The number of hydrogen-bond acceptors (Lipinski definition) is 11. The maximum atomic E-state index is 15.5. The molecule has 20 heteroatoms. The highest BCUT2D eigenvalue weighted by molar-refractivity contribution is 7.66. The molecule has 178 valence electrons. The molecule has 1 aliphatic rings. The van der Waals surface area contributed by atoms with E-state index in [-0.39, 0.29) is 5.82 Å². The van der Waals surface area contributed by atoms with Crippen LogP contribution in [0.5, 0.6) is 0 Å². The zero-order valence-corrected chi connectivity index (χ0v) is 18.4. The molecule has 0 spiro atoms. The van der Waals surface area contributed by atoms with Crippen LogP contribution in [-0.4, -0.2) is 59.2 Å². The number of nitrogen functional groups attached to an aromatic ring is 1. The molecule has 1 saturated carbocycles. The molecular formula is C11H19FN3O13P3. The van der Waals surface area contributed by atoms with E-state index < -0.39 is 59.2 Å². The molecule has 31 heavy (non-hydrogen) atoms. The van der Waals surface area contributed by atoms with Gasteiger partial charge in [0.25, 0.3) is 0 Å². The van der Waals surface area contributed by atoms with Gasteiger partial charge in [-0.15, -0.1) is 0 Å². The van der Waals surface area contributed by atoms with Crippen molar-refractivity contribution in [1.82, 2.24) is 9.55 Å². The Hall–Kier alpha value is -1.06. The summed E-state index contributed by atoms with van der Waals surface area (Å²) >= 11 is 0. The molecular weight excluding hydrogens is 494 g/mol. The third kappa shape index (κ3) is 5.47. The van der Waals surface area contributed by atoms with Gasteiger partial charge in [0.15, 0.2) is 5.60 Å². The summed E-state index contributed by atoms with van der Waals surface area (Å²) in [6.07, 6.45) is 0.319. The number of phosphoric ester groups is 1. The summed E-state index contributed by atoms with van der Waals surface area (Å²) in [6.45, 7) is -0.335. The first kappa shape index (κ1) is 26.2. The molecule has 1 heterocycles. The van der Waals surface area contributed by atoms with Gasteiger partial charge in [-0.25, -0.2) is 22.9 Å². The lowest BCUT2D eigenvalue weighted by molar-refractivity contribution is -0.139. The smallest absolute Gasteiger partial charge is 0.383 e. The van der Waals surface area contributed by atoms with Crippen LogP contribution >= 0.6 is 23.5 Å². The van der Waals surface area contributed by atoms with Gasteiger partial charge in [-0.05, 0) is 13.0 Å². The molecule has 16 nitrogen and oxygen atoms in total. The summed E-state index contributed by atoms with van der Waals surface area (Å²) < 4.78 is 66.2. The second kappa shape index (κ2) is 8.06. The third-order valence-corrected chi connectivity index (χ3v) is 8.25. The summed E-state index contributed by atoms with van der Waals surface area (Å²) in [7, 11) is -16.0. The van der Waals surface area contributed by atoms with Gasteiger partial charge in [-0.3, -0.25) is 9.09 Å². The van der Waals surface area contributed by atoms with Crippen molar-refractivity contribution in [2.24, 2.45) is 0 Å². The zero-order valence-electron chi connectivity index (χ0n) is 15.8. The van der Waals surface area contributed by atoms with E-state index in [0.717, 1.165) is 26.3 Å². The maximum Gasteiger partial charge on any atom is 0.490 e. The molecule has 5 atom stereocenters. The average Bonchev–Trinajstić information content (AvgIpc) is 3.17. The number of nitrogens with two attached hydrogens (primary N) is 1. The van der Waals surface area contributed by atoms with Crippen molar-refractivity contribution in [3.05, 3.63) is 22.7 Å². The first-order valence-electron chi connectivity index (χ1n) is 7.90. The molecule has 0 aromatic carbocycles. The van der Waals surface area contributed by atoms with Crippen LogP contribution in [0.3, 0.4) is 0 Å². The van der Waals surface area contributed by atoms with Crippen molar-refractivity contribution in [3.63, 3.8) is 0 Å². The Balaban J connectivity index is 2.21. The Morgan fingerprint density at radius 1 is 1.26 bits per heavy atom. The van der Waals surface area contributed by atoms with Crippen molar-refractivity contribution < 1.29 is 60.6 Å². The fraction of sp³-hybridized carbons (Fsp3) is 0.636. The first-order valence-corrected chi connectivity index (χ1v) is 12.4. The molecule has 0 amide bonds. The quantitative estimate of drug-likeness (QED) is 0.212. The second-order valence-electron chi connectivity index (χ2n) is 6.56. The average molecular weight is 513 g/mol. The molecule has 1 aromatic heterocycles. The molecule has 2 rings (SSSR count).